The molecule has 0 aromatic heterocycles. The Morgan fingerprint density at radius 1 is 1.29 bits per heavy atom. The molecule has 6 heteroatoms. The minimum Gasteiger partial charge on any atom is -0.312 e. The molecule has 1 aromatic carbocycles. The van der Waals surface area contributed by atoms with Crippen molar-refractivity contribution in [3.63, 3.8) is 0 Å². The normalized spacial score (nSPS) is 15.2. The second kappa shape index (κ2) is 7.35. The molecule has 0 spiro atoms. The van der Waals surface area contributed by atoms with Gasteiger partial charge in [-0.25, -0.2) is 13.1 Å². The van der Waals surface area contributed by atoms with E-state index < -0.39 is 10.0 Å². The zero-order valence-electron chi connectivity index (χ0n) is 12.9. The van der Waals surface area contributed by atoms with Gasteiger partial charge in [-0.05, 0) is 43.2 Å². The van der Waals surface area contributed by atoms with E-state index in [1.165, 1.54) is 0 Å². The largest absolute Gasteiger partial charge is 0.312 e. The van der Waals surface area contributed by atoms with Crippen molar-refractivity contribution in [3.05, 3.63) is 29.3 Å². The lowest BCUT2D eigenvalue weighted by Crippen LogP contribution is -2.35. The van der Waals surface area contributed by atoms with Crippen LogP contribution in [0, 0.1) is 0 Å². The Morgan fingerprint density at radius 2 is 2.05 bits per heavy atom. The van der Waals surface area contributed by atoms with Gasteiger partial charge in [0.1, 0.15) is 0 Å². The molecule has 1 aliphatic heterocycles. The van der Waals surface area contributed by atoms with Crippen molar-refractivity contribution in [2.24, 2.45) is 0 Å². The van der Waals surface area contributed by atoms with Crippen LogP contribution in [-0.4, -0.2) is 46.0 Å². The maximum atomic E-state index is 12.5. The Morgan fingerprint density at radius 3 is 2.76 bits per heavy atom. The number of fused-ring (bicyclic) bond motifs is 1. The smallest absolute Gasteiger partial charge is 0.240 e. The average molecular weight is 311 g/mol. The van der Waals surface area contributed by atoms with E-state index in [1.54, 1.807) is 6.07 Å². The molecule has 0 amide bonds. The van der Waals surface area contributed by atoms with E-state index in [0.717, 1.165) is 50.3 Å². The Kier molecular flexibility index (Phi) is 5.75. The molecule has 0 unspecified atom stereocenters. The Hall–Kier alpha value is -0.950. The number of sulfonamides is 1. The van der Waals surface area contributed by atoms with E-state index in [1.807, 2.05) is 12.1 Å². The average Bonchev–Trinajstić information content (AvgIpc) is 2.51. The van der Waals surface area contributed by atoms with Crippen LogP contribution < -0.4 is 10.0 Å². The van der Waals surface area contributed by atoms with Gasteiger partial charge in [-0.2, -0.15) is 0 Å². The molecule has 1 heterocycles. The molecule has 1 aliphatic rings. The highest BCUT2D eigenvalue weighted by atomic mass is 32.2. The second-order valence-corrected chi connectivity index (χ2v) is 6.98. The molecule has 2 rings (SSSR count). The fourth-order valence-electron chi connectivity index (χ4n) is 2.70. The van der Waals surface area contributed by atoms with Crippen molar-refractivity contribution in [3.8, 4) is 0 Å². The lowest BCUT2D eigenvalue weighted by Gasteiger charge is -2.21. The highest BCUT2D eigenvalue weighted by Gasteiger charge is 2.21. The van der Waals surface area contributed by atoms with Crippen molar-refractivity contribution >= 4 is 10.0 Å². The van der Waals surface area contributed by atoms with Crippen LogP contribution in [0.25, 0.3) is 0 Å². The number of nitrogens with zero attached hydrogens (tertiary/aromatic N) is 1. The lowest BCUT2D eigenvalue weighted by molar-refractivity contribution is 0.309. The molecule has 0 atom stereocenters. The maximum Gasteiger partial charge on any atom is 0.240 e. The minimum atomic E-state index is -3.42. The van der Waals surface area contributed by atoms with Gasteiger partial charge < -0.3 is 10.2 Å². The SMILES string of the molecule is CCN(CC)CCNS(=O)(=O)c1cccc2c1CCNC2. The predicted molar refractivity (Wildman–Crippen MR) is 84.8 cm³/mol. The molecule has 0 saturated heterocycles. The number of rotatable bonds is 7. The molecule has 1 aromatic rings. The number of nitrogens with one attached hydrogen (secondary N) is 2. The zero-order valence-corrected chi connectivity index (χ0v) is 13.7. The summed E-state index contributed by atoms with van der Waals surface area (Å²) in [7, 11) is -3.42. The summed E-state index contributed by atoms with van der Waals surface area (Å²) in [5.41, 5.74) is 2.06. The summed E-state index contributed by atoms with van der Waals surface area (Å²) in [5.74, 6) is 0. The van der Waals surface area contributed by atoms with Crippen molar-refractivity contribution in [1.29, 1.82) is 0 Å². The Labute approximate surface area is 127 Å². The highest BCUT2D eigenvalue weighted by Crippen LogP contribution is 2.22. The van der Waals surface area contributed by atoms with Gasteiger partial charge in [-0.1, -0.05) is 26.0 Å². The molecular formula is C15H25N3O2S. The van der Waals surface area contributed by atoms with Crippen LogP contribution >= 0.6 is 0 Å². The number of benzene rings is 1. The molecule has 0 bridgehead atoms. The molecule has 2 N–H and O–H groups in total. The summed E-state index contributed by atoms with van der Waals surface area (Å²) < 4.78 is 27.8. The fraction of sp³-hybridized carbons (Fsp3) is 0.600. The molecule has 0 aliphatic carbocycles. The van der Waals surface area contributed by atoms with Crippen LogP contribution in [0.5, 0.6) is 0 Å². The van der Waals surface area contributed by atoms with Crippen LogP contribution in [-0.2, 0) is 23.0 Å². The molecular weight excluding hydrogens is 286 g/mol. The van der Waals surface area contributed by atoms with Crippen molar-refractivity contribution in [1.82, 2.24) is 14.9 Å². The number of hydrogen-bond acceptors (Lipinski definition) is 4. The van der Waals surface area contributed by atoms with E-state index in [-0.39, 0.29) is 0 Å². The van der Waals surface area contributed by atoms with Gasteiger partial charge in [-0.3, -0.25) is 0 Å². The first-order valence-corrected chi connectivity index (χ1v) is 9.10. The molecule has 118 valence electrons. The summed E-state index contributed by atoms with van der Waals surface area (Å²) in [6.07, 6.45) is 0.766. The minimum absolute atomic E-state index is 0.445. The summed E-state index contributed by atoms with van der Waals surface area (Å²) in [6.45, 7) is 8.80. The third-order valence-corrected chi connectivity index (χ3v) is 5.55. The first-order chi connectivity index (χ1) is 10.1. The summed E-state index contributed by atoms with van der Waals surface area (Å²) >= 11 is 0. The third-order valence-electron chi connectivity index (χ3n) is 4.00. The van der Waals surface area contributed by atoms with Crippen molar-refractivity contribution in [2.45, 2.75) is 31.7 Å². The van der Waals surface area contributed by atoms with E-state index in [2.05, 4.69) is 28.8 Å². The molecule has 5 nitrogen and oxygen atoms in total. The van der Waals surface area contributed by atoms with Gasteiger partial charge in [-0.15, -0.1) is 0 Å². The fourth-order valence-corrected chi connectivity index (χ4v) is 4.04. The number of likely N-dealkylation sites (N-methyl/N-ethyl adjacent to an activating group) is 1. The van der Waals surface area contributed by atoms with E-state index in [9.17, 15) is 8.42 Å². The third kappa shape index (κ3) is 4.03. The van der Waals surface area contributed by atoms with Gasteiger partial charge in [0.05, 0.1) is 4.90 Å². The van der Waals surface area contributed by atoms with Crippen LogP contribution in [0.3, 0.4) is 0 Å². The quantitative estimate of drug-likeness (QED) is 0.787. The lowest BCUT2D eigenvalue weighted by atomic mass is 10.0. The van der Waals surface area contributed by atoms with E-state index >= 15 is 0 Å². The van der Waals surface area contributed by atoms with Gasteiger partial charge in [0.2, 0.25) is 10.0 Å². The first kappa shape index (κ1) is 16.4. The molecule has 0 fully saturated rings. The van der Waals surface area contributed by atoms with Crippen LogP contribution in [0.2, 0.25) is 0 Å². The van der Waals surface area contributed by atoms with Gasteiger partial charge in [0.15, 0.2) is 0 Å². The monoisotopic (exact) mass is 311 g/mol. The molecule has 0 saturated carbocycles. The standard InChI is InChI=1S/C15H25N3O2S/c1-3-18(4-2)11-10-17-21(19,20)15-7-5-6-13-12-16-9-8-14(13)15/h5-7,16-17H,3-4,8-12H2,1-2H3. The van der Waals surface area contributed by atoms with Crippen molar-refractivity contribution in [2.75, 3.05) is 32.7 Å². The van der Waals surface area contributed by atoms with Gasteiger partial charge in [0, 0.05) is 19.6 Å². The van der Waals surface area contributed by atoms with Crippen molar-refractivity contribution < 1.29 is 8.42 Å². The highest BCUT2D eigenvalue weighted by molar-refractivity contribution is 7.89. The van der Waals surface area contributed by atoms with Crippen LogP contribution in [0.15, 0.2) is 23.1 Å². The molecule has 0 radical (unpaired) electrons. The predicted octanol–water partition coefficient (Wildman–Crippen LogP) is 0.952. The maximum absolute atomic E-state index is 12.5. The van der Waals surface area contributed by atoms with E-state index in [0.29, 0.717) is 11.4 Å². The summed E-state index contributed by atoms with van der Waals surface area (Å²) in [4.78, 5) is 2.65. The Balaban J connectivity index is 2.09. The number of hydrogen-bond donors (Lipinski definition) is 2. The molecule has 21 heavy (non-hydrogen) atoms. The second-order valence-electron chi connectivity index (χ2n) is 5.25. The van der Waals surface area contributed by atoms with Gasteiger partial charge >= 0.3 is 0 Å². The summed E-state index contributed by atoms with van der Waals surface area (Å²) in [5, 5.41) is 3.27. The van der Waals surface area contributed by atoms with Gasteiger partial charge in [0.25, 0.3) is 0 Å². The Bertz CT molecular complexity index is 568. The topological polar surface area (TPSA) is 61.4 Å². The first-order valence-electron chi connectivity index (χ1n) is 7.62. The van der Waals surface area contributed by atoms with Crippen LogP contribution in [0.1, 0.15) is 25.0 Å². The zero-order chi connectivity index (χ0) is 15.3. The van der Waals surface area contributed by atoms with Crippen LogP contribution in [0.4, 0.5) is 0 Å². The summed E-state index contributed by atoms with van der Waals surface area (Å²) in [6, 6.07) is 5.53. The van der Waals surface area contributed by atoms with E-state index in [4.69, 9.17) is 0 Å².